The third-order valence-corrected chi connectivity index (χ3v) is 6.42. The molecule has 6 heteroatoms. The van der Waals surface area contributed by atoms with Gasteiger partial charge in [-0.1, -0.05) is 64.5 Å². The molecule has 1 N–H and O–H groups in total. The Labute approximate surface area is 191 Å². The van der Waals surface area contributed by atoms with E-state index in [-0.39, 0.29) is 6.61 Å². The summed E-state index contributed by atoms with van der Waals surface area (Å²) in [7, 11) is 0. The average Bonchev–Trinajstić information content (AvgIpc) is 2.71. The maximum Gasteiger partial charge on any atom is 0.341 e. The first-order valence-corrected chi connectivity index (χ1v) is 11.4. The van der Waals surface area contributed by atoms with E-state index >= 15 is 0 Å². The molecule has 0 unspecified atom stereocenters. The standard InChI is InChI=1S/C23H18Br2O3S/c24-18-8-4-7-17(13-18)20(16-5-2-1-3-6-16)11-12-29-22-10-9-19(14-21(22)25)28-15-23(26)27/h1-11,13-14H,12,15H2,(H,26,27). The monoisotopic (exact) mass is 532 g/mol. The van der Waals surface area contributed by atoms with E-state index in [0.29, 0.717) is 5.75 Å². The molecule has 0 saturated carbocycles. The Morgan fingerprint density at radius 3 is 2.41 bits per heavy atom. The Hall–Kier alpha value is -2.02. The van der Waals surface area contributed by atoms with Crippen molar-refractivity contribution < 1.29 is 14.6 Å². The zero-order chi connectivity index (χ0) is 20.6. The molecule has 0 fully saturated rings. The molecule has 3 nitrogen and oxygen atoms in total. The number of carboxylic acid groups (broad SMARTS) is 1. The lowest BCUT2D eigenvalue weighted by atomic mass is 9.98. The second-order valence-electron chi connectivity index (χ2n) is 6.08. The third kappa shape index (κ3) is 6.49. The summed E-state index contributed by atoms with van der Waals surface area (Å²) in [6.45, 7) is -0.352. The average molecular weight is 534 g/mol. The van der Waals surface area contributed by atoms with Crippen LogP contribution in [0.1, 0.15) is 11.1 Å². The number of hydrogen-bond acceptors (Lipinski definition) is 3. The highest BCUT2D eigenvalue weighted by atomic mass is 79.9. The second kappa shape index (κ2) is 10.7. The van der Waals surface area contributed by atoms with Crippen molar-refractivity contribution in [2.75, 3.05) is 12.4 Å². The Balaban J connectivity index is 1.77. The number of benzene rings is 3. The molecule has 0 aromatic heterocycles. The molecular weight excluding hydrogens is 516 g/mol. The first kappa shape index (κ1) is 21.7. The van der Waals surface area contributed by atoms with Gasteiger partial charge in [-0.3, -0.25) is 0 Å². The molecule has 0 bridgehead atoms. The van der Waals surface area contributed by atoms with Gasteiger partial charge in [-0.25, -0.2) is 4.79 Å². The molecule has 3 aromatic carbocycles. The van der Waals surface area contributed by atoms with Gasteiger partial charge >= 0.3 is 5.97 Å². The highest BCUT2D eigenvalue weighted by Gasteiger charge is 2.07. The quantitative estimate of drug-likeness (QED) is 0.320. The van der Waals surface area contributed by atoms with Crippen LogP contribution in [0.25, 0.3) is 5.57 Å². The molecule has 0 aliphatic heterocycles. The zero-order valence-electron chi connectivity index (χ0n) is 15.3. The minimum absolute atomic E-state index is 0.352. The smallest absolute Gasteiger partial charge is 0.341 e. The molecule has 0 amide bonds. The number of carboxylic acids is 1. The van der Waals surface area contributed by atoms with Gasteiger partial charge in [-0.05, 0) is 63.0 Å². The lowest BCUT2D eigenvalue weighted by Gasteiger charge is -2.10. The van der Waals surface area contributed by atoms with Crippen LogP contribution < -0.4 is 4.74 Å². The Kier molecular flexibility index (Phi) is 7.98. The van der Waals surface area contributed by atoms with Gasteiger partial charge in [0.15, 0.2) is 6.61 Å². The van der Waals surface area contributed by atoms with E-state index in [9.17, 15) is 4.79 Å². The molecule has 0 atom stereocenters. The fraction of sp³-hybridized carbons (Fsp3) is 0.0870. The fourth-order valence-corrected chi connectivity index (χ4v) is 4.62. The van der Waals surface area contributed by atoms with E-state index in [1.165, 1.54) is 11.1 Å². The maximum absolute atomic E-state index is 10.6. The van der Waals surface area contributed by atoms with Gasteiger partial charge in [-0.15, -0.1) is 11.8 Å². The van der Waals surface area contributed by atoms with Crippen molar-refractivity contribution in [2.45, 2.75) is 4.90 Å². The van der Waals surface area contributed by atoms with Crippen molar-refractivity contribution in [3.63, 3.8) is 0 Å². The normalized spacial score (nSPS) is 11.3. The first-order chi connectivity index (χ1) is 14.0. The number of thioether (sulfide) groups is 1. The van der Waals surface area contributed by atoms with Gasteiger partial charge in [0, 0.05) is 19.6 Å². The Morgan fingerprint density at radius 2 is 1.72 bits per heavy atom. The van der Waals surface area contributed by atoms with Gasteiger partial charge in [0.25, 0.3) is 0 Å². The predicted octanol–water partition coefficient (Wildman–Crippen LogP) is 6.90. The van der Waals surface area contributed by atoms with E-state index in [1.54, 1.807) is 23.9 Å². The molecule has 29 heavy (non-hydrogen) atoms. The molecule has 148 valence electrons. The van der Waals surface area contributed by atoms with Crippen LogP contribution >= 0.6 is 43.6 Å². The number of carbonyl (C=O) groups is 1. The van der Waals surface area contributed by atoms with Crippen LogP contribution in [0.3, 0.4) is 0 Å². The summed E-state index contributed by atoms with van der Waals surface area (Å²) in [5, 5.41) is 8.72. The van der Waals surface area contributed by atoms with E-state index < -0.39 is 5.97 Å². The van der Waals surface area contributed by atoms with Crippen LogP contribution in [-0.2, 0) is 4.79 Å². The van der Waals surface area contributed by atoms with E-state index in [0.717, 1.165) is 25.2 Å². The molecule has 3 rings (SSSR count). The molecule has 0 aliphatic rings. The summed E-state index contributed by atoms with van der Waals surface area (Å²) >= 11 is 8.80. The van der Waals surface area contributed by atoms with Crippen molar-refractivity contribution in [1.29, 1.82) is 0 Å². The second-order valence-corrected chi connectivity index (χ2v) is 8.91. The van der Waals surface area contributed by atoms with Crippen LogP contribution in [0.4, 0.5) is 0 Å². The van der Waals surface area contributed by atoms with Gasteiger partial charge in [0.2, 0.25) is 0 Å². The molecular formula is C23H18Br2O3S. The minimum atomic E-state index is -0.995. The number of hydrogen-bond donors (Lipinski definition) is 1. The Bertz CT molecular complexity index is 1020. The van der Waals surface area contributed by atoms with Crippen molar-refractivity contribution in [1.82, 2.24) is 0 Å². The molecule has 0 spiro atoms. The molecule has 0 saturated heterocycles. The largest absolute Gasteiger partial charge is 0.482 e. The van der Waals surface area contributed by atoms with E-state index in [1.807, 2.05) is 36.4 Å². The summed E-state index contributed by atoms with van der Waals surface area (Å²) in [5.41, 5.74) is 3.50. The predicted molar refractivity (Wildman–Crippen MR) is 126 cm³/mol. The molecule has 0 aliphatic carbocycles. The van der Waals surface area contributed by atoms with Crippen LogP contribution in [0.2, 0.25) is 0 Å². The maximum atomic E-state index is 10.6. The lowest BCUT2D eigenvalue weighted by Crippen LogP contribution is -2.09. The molecule has 0 heterocycles. The topological polar surface area (TPSA) is 46.5 Å². The van der Waals surface area contributed by atoms with E-state index in [4.69, 9.17) is 9.84 Å². The van der Waals surface area contributed by atoms with E-state index in [2.05, 4.69) is 62.2 Å². The Morgan fingerprint density at radius 1 is 0.966 bits per heavy atom. The zero-order valence-corrected chi connectivity index (χ0v) is 19.3. The first-order valence-electron chi connectivity index (χ1n) is 8.81. The SMILES string of the molecule is O=C(O)COc1ccc(SCC=C(c2ccccc2)c2cccc(Br)c2)c(Br)c1. The summed E-state index contributed by atoms with van der Waals surface area (Å²) in [5.74, 6) is 0.314. The van der Waals surface area contributed by atoms with Crippen molar-refractivity contribution in [3.8, 4) is 5.75 Å². The fourth-order valence-electron chi connectivity index (χ4n) is 2.72. The number of ether oxygens (including phenoxy) is 1. The summed E-state index contributed by atoms with van der Waals surface area (Å²) < 4.78 is 7.14. The minimum Gasteiger partial charge on any atom is -0.482 e. The van der Waals surface area contributed by atoms with Crippen LogP contribution in [0.5, 0.6) is 5.75 Å². The van der Waals surface area contributed by atoms with Crippen LogP contribution in [0.15, 0.2) is 92.7 Å². The summed E-state index contributed by atoms with van der Waals surface area (Å²) in [6.07, 6.45) is 2.23. The lowest BCUT2D eigenvalue weighted by molar-refractivity contribution is -0.139. The molecule has 3 aromatic rings. The van der Waals surface area contributed by atoms with Crippen molar-refractivity contribution in [3.05, 3.63) is 98.9 Å². The number of halogens is 2. The highest BCUT2D eigenvalue weighted by molar-refractivity contribution is 9.10. The van der Waals surface area contributed by atoms with Gasteiger partial charge in [0.1, 0.15) is 5.75 Å². The van der Waals surface area contributed by atoms with Gasteiger partial charge in [0.05, 0.1) is 0 Å². The van der Waals surface area contributed by atoms with Crippen molar-refractivity contribution in [2.24, 2.45) is 0 Å². The van der Waals surface area contributed by atoms with Gasteiger partial charge in [-0.2, -0.15) is 0 Å². The van der Waals surface area contributed by atoms with Crippen LogP contribution in [0, 0.1) is 0 Å². The summed E-state index contributed by atoms with van der Waals surface area (Å²) in [4.78, 5) is 11.7. The highest BCUT2D eigenvalue weighted by Crippen LogP contribution is 2.32. The number of rotatable bonds is 8. The third-order valence-electron chi connectivity index (χ3n) is 4.01. The molecule has 0 radical (unpaired) electrons. The van der Waals surface area contributed by atoms with Gasteiger partial charge < -0.3 is 9.84 Å². The van der Waals surface area contributed by atoms with Crippen molar-refractivity contribution >= 4 is 55.2 Å². The summed E-state index contributed by atoms with van der Waals surface area (Å²) in [6, 6.07) is 24.1. The number of aliphatic carboxylic acids is 1. The van der Waals surface area contributed by atoms with Crippen LogP contribution in [-0.4, -0.2) is 23.4 Å².